The summed E-state index contributed by atoms with van der Waals surface area (Å²) in [5.41, 5.74) is 3.62. The van der Waals surface area contributed by atoms with Crippen molar-refractivity contribution in [2.45, 2.75) is 26.4 Å². The minimum absolute atomic E-state index is 0. The van der Waals surface area contributed by atoms with Gasteiger partial charge < -0.3 is 19.5 Å². The number of rotatable bonds is 7. The van der Waals surface area contributed by atoms with Crippen molar-refractivity contribution in [1.82, 2.24) is 25.2 Å². The standard InChI is InChI=1S/C24H36N6O2.HI/c1-3-25-24(30-10-8-28(9-11-30)19-22-7-14-32-27-22)26-18-23(29-12-15-31-16-13-29)21-6-4-5-20(2)17-21;/h4-7,14,17,23H,3,8-13,15-16,18-19H2,1-2H3,(H,25,26);1H. The van der Waals surface area contributed by atoms with E-state index in [4.69, 9.17) is 14.3 Å². The number of guanidine groups is 1. The van der Waals surface area contributed by atoms with Crippen LogP contribution in [0.5, 0.6) is 0 Å². The zero-order valence-corrected chi connectivity index (χ0v) is 22.1. The van der Waals surface area contributed by atoms with Gasteiger partial charge in [-0.25, -0.2) is 0 Å². The third kappa shape index (κ3) is 7.40. The fourth-order valence-electron chi connectivity index (χ4n) is 4.46. The highest BCUT2D eigenvalue weighted by Crippen LogP contribution is 2.23. The monoisotopic (exact) mass is 568 g/mol. The van der Waals surface area contributed by atoms with Gasteiger partial charge in [0.1, 0.15) is 6.26 Å². The van der Waals surface area contributed by atoms with Crippen molar-refractivity contribution in [1.29, 1.82) is 0 Å². The molecule has 1 aromatic heterocycles. The summed E-state index contributed by atoms with van der Waals surface area (Å²) >= 11 is 0. The van der Waals surface area contributed by atoms with E-state index in [0.29, 0.717) is 0 Å². The van der Waals surface area contributed by atoms with E-state index in [1.165, 1.54) is 11.1 Å². The van der Waals surface area contributed by atoms with Crippen molar-refractivity contribution in [2.75, 3.05) is 65.6 Å². The van der Waals surface area contributed by atoms with Crippen LogP contribution in [0.1, 0.15) is 29.8 Å². The number of morpholine rings is 1. The Morgan fingerprint density at radius 3 is 2.58 bits per heavy atom. The third-order valence-corrected chi connectivity index (χ3v) is 6.21. The fourth-order valence-corrected chi connectivity index (χ4v) is 4.46. The highest BCUT2D eigenvalue weighted by Gasteiger charge is 2.24. The maximum Gasteiger partial charge on any atom is 0.194 e. The van der Waals surface area contributed by atoms with Gasteiger partial charge in [-0.05, 0) is 19.4 Å². The minimum Gasteiger partial charge on any atom is -0.379 e. The molecule has 0 radical (unpaired) electrons. The average Bonchev–Trinajstić information content (AvgIpc) is 3.33. The van der Waals surface area contributed by atoms with Crippen LogP contribution in [0.3, 0.4) is 0 Å². The number of aliphatic imine (C=N–C) groups is 1. The number of aryl methyl sites for hydroxylation is 1. The molecular formula is C24H37IN6O2. The van der Waals surface area contributed by atoms with Crippen molar-refractivity contribution in [3.63, 3.8) is 0 Å². The number of piperazine rings is 1. The molecule has 0 spiro atoms. The van der Waals surface area contributed by atoms with Crippen LogP contribution >= 0.6 is 24.0 Å². The first-order valence-corrected chi connectivity index (χ1v) is 11.8. The van der Waals surface area contributed by atoms with Gasteiger partial charge in [0.05, 0.1) is 31.5 Å². The Morgan fingerprint density at radius 1 is 1.12 bits per heavy atom. The van der Waals surface area contributed by atoms with E-state index in [1.54, 1.807) is 6.26 Å². The molecule has 1 N–H and O–H groups in total. The number of ether oxygens (including phenoxy) is 1. The summed E-state index contributed by atoms with van der Waals surface area (Å²) in [6.45, 7) is 14.1. The van der Waals surface area contributed by atoms with Gasteiger partial charge in [-0.15, -0.1) is 24.0 Å². The predicted molar refractivity (Wildman–Crippen MR) is 141 cm³/mol. The molecule has 9 heteroatoms. The van der Waals surface area contributed by atoms with Crippen LogP contribution in [0.2, 0.25) is 0 Å². The van der Waals surface area contributed by atoms with E-state index in [1.807, 2.05) is 6.07 Å². The molecule has 182 valence electrons. The van der Waals surface area contributed by atoms with Gasteiger partial charge in [-0.1, -0.05) is 35.0 Å². The van der Waals surface area contributed by atoms with Gasteiger partial charge in [0, 0.05) is 58.4 Å². The third-order valence-electron chi connectivity index (χ3n) is 6.21. The molecule has 8 nitrogen and oxygen atoms in total. The Balaban J connectivity index is 0.00000306. The smallest absolute Gasteiger partial charge is 0.194 e. The molecule has 2 fully saturated rings. The highest BCUT2D eigenvalue weighted by molar-refractivity contribution is 14.0. The maximum atomic E-state index is 5.60. The second-order valence-electron chi connectivity index (χ2n) is 8.53. The van der Waals surface area contributed by atoms with Gasteiger partial charge in [0.25, 0.3) is 0 Å². The number of nitrogens with one attached hydrogen (secondary N) is 1. The fraction of sp³-hybridized carbons (Fsp3) is 0.583. The molecule has 2 aliphatic heterocycles. The minimum atomic E-state index is 0. The second kappa shape index (κ2) is 13.3. The van der Waals surface area contributed by atoms with Crippen molar-refractivity contribution in [3.8, 4) is 0 Å². The molecule has 1 aromatic carbocycles. The summed E-state index contributed by atoms with van der Waals surface area (Å²) in [4.78, 5) is 12.4. The number of aromatic nitrogens is 1. The van der Waals surface area contributed by atoms with Gasteiger partial charge in [-0.3, -0.25) is 14.8 Å². The largest absolute Gasteiger partial charge is 0.379 e. The normalized spacial score (nSPS) is 19.2. The molecule has 0 bridgehead atoms. The Hall–Kier alpha value is -1.69. The van der Waals surface area contributed by atoms with Crippen LogP contribution < -0.4 is 5.32 Å². The summed E-state index contributed by atoms with van der Waals surface area (Å²) in [5, 5.41) is 7.56. The Kier molecular flexibility index (Phi) is 10.4. The van der Waals surface area contributed by atoms with Crippen LogP contribution in [0.4, 0.5) is 0 Å². The highest BCUT2D eigenvalue weighted by atomic mass is 127. The van der Waals surface area contributed by atoms with Crippen LogP contribution in [0, 0.1) is 6.92 Å². The first kappa shape index (κ1) is 25.9. The molecular weight excluding hydrogens is 531 g/mol. The summed E-state index contributed by atoms with van der Waals surface area (Å²) in [6, 6.07) is 11.0. The topological polar surface area (TPSA) is 69.4 Å². The van der Waals surface area contributed by atoms with Crippen LogP contribution in [-0.2, 0) is 11.3 Å². The molecule has 2 aromatic rings. The van der Waals surface area contributed by atoms with Gasteiger partial charge in [-0.2, -0.15) is 0 Å². The molecule has 2 saturated heterocycles. The molecule has 4 rings (SSSR count). The summed E-state index contributed by atoms with van der Waals surface area (Å²) in [6.07, 6.45) is 1.64. The van der Waals surface area contributed by atoms with Crippen molar-refractivity contribution >= 4 is 29.9 Å². The van der Waals surface area contributed by atoms with Crippen molar-refractivity contribution < 1.29 is 9.26 Å². The average molecular weight is 569 g/mol. The van der Waals surface area contributed by atoms with Gasteiger partial charge in [0.2, 0.25) is 0 Å². The molecule has 33 heavy (non-hydrogen) atoms. The predicted octanol–water partition coefficient (Wildman–Crippen LogP) is 2.76. The number of hydrogen-bond donors (Lipinski definition) is 1. The van der Waals surface area contributed by atoms with Crippen LogP contribution in [0.25, 0.3) is 0 Å². The lowest BCUT2D eigenvalue weighted by molar-refractivity contribution is 0.0179. The molecule has 1 atom stereocenters. The van der Waals surface area contributed by atoms with Gasteiger partial charge >= 0.3 is 0 Å². The SMILES string of the molecule is CCNC(=NCC(c1cccc(C)c1)N1CCOCC1)N1CCN(Cc2ccon2)CC1.I. The lowest BCUT2D eigenvalue weighted by Crippen LogP contribution is -2.52. The van der Waals surface area contributed by atoms with Crippen molar-refractivity contribution in [3.05, 3.63) is 53.4 Å². The lowest BCUT2D eigenvalue weighted by atomic mass is 10.0. The van der Waals surface area contributed by atoms with Crippen molar-refractivity contribution in [2.24, 2.45) is 4.99 Å². The molecule has 3 heterocycles. The second-order valence-corrected chi connectivity index (χ2v) is 8.53. The number of halogens is 1. The first-order chi connectivity index (χ1) is 15.7. The van der Waals surface area contributed by atoms with Crippen LogP contribution in [-0.4, -0.2) is 91.4 Å². The van der Waals surface area contributed by atoms with Crippen LogP contribution in [0.15, 0.2) is 46.1 Å². The number of hydrogen-bond acceptors (Lipinski definition) is 6. The zero-order chi connectivity index (χ0) is 22.2. The Morgan fingerprint density at radius 2 is 1.91 bits per heavy atom. The molecule has 2 aliphatic rings. The number of benzene rings is 1. The van der Waals surface area contributed by atoms with E-state index < -0.39 is 0 Å². The first-order valence-electron chi connectivity index (χ1n) is 11.8. The lowest BCUT2D eigenvalue weighted by Gasteiger charge is -2.37. The number of nitrogens with zero attached hydrogens (tertiary/aromatic N) is 5. The molecule has 0 aliphatic carbocycles. The van der Waals surface area contributed by atoms with E-state index in [-0.39, 0.29) is 30.0 Å². The van der Waals surface area contributed by atoms with E-state index in [9.17, 15) is 0 Å². The zero-order valence-electron chi connectivity index (χ0n) is 19.8. The maximum absolute atomic E-state index is 5.60. The molecule has 0 saturated carbocycles. The molecule has 1 unspecified atom stereocenters. The van der Waals surface area contributed by atoms with E-state index in [2.05, 4.69) is 63.3 Å². The quantitative estimate of drug-likeness (QED) is 0.313. The van der Waals surface area contributed by atoms with E-state index in [0.717, 1.165) is 83.8 Å². The molecule has 0 amide bonds. The Bertz CT molecular complexity index is 848. The van der Waals surface area contributed by atoms with Gasteiger partial charge in [0.15, 0.2) is 5.96 Å². The Labute approximate surface area is 214 Å². The van der Waals surface area contributed by atoms with E-state index >= 15 is 0 Å². The summed E-state index contributed by atoms with van der Waals surface area (Å²) in [5.74, 6) is 1.01. The summed E-state index contributed by atoms with van der Waals surface area (Å²) in [7, 11) is 0. The summed E-state index contributed by atoms with van der Waals surface area (Å²) < 4.78 is 10.6.